The highest BCUT2D eigenvalue weighted by atomic mass is 19.1. The van der Waals surface area contributed by atoms with Gasteiger partial charge in [0, 0.05) is 98.6 Å². The van der Waals surface area contributed by atoms with Crippen molar-refractivity contribution in [1.29, 1.82) is 0 Å². The van der Waals surface area contributed by atoms with E-state index in [0.29, 0.717) is 71.7 Å². The van der Waals surface area contributed by atoms with E-state index in [1.54, 1.807) is 24.8 Å². The van der Waals surface area contributed by atoms with Crippen LogP contribution in [0, 0.1) is 12.7 Å². The van der Waals surface area contributed by atoms with E-state index in [4.69, 9.17) is 15.0 Å². The Balaban J connectivity index is 0.770. The molecule has 342 valence electrons. The zero-order chi connectivity index (χ0) is 46.2. The highest BCUT2D eigenvalue weighted by Gasteiger charge is 2.32. The normalized spacial score (nSPS) is 16.4. The number of pyridine rings is 5. The number of benzene rings is 1. The zero-order valence-electron chi connectivity index (χ0n) is 37.6. The van der Waals surface area contributed by atoms with Crippen molar-refractivity contribution in [3.8, 4) is 22.5 Å². The molecular weight excluding hydrogens is 862 g/mol. The summed E-state index contributed by atoms with van der Waals surface area (Å²) < 4.78 is 19.9. The van der Waals surface area contributed by atoms with E-state index in [-0.39, 0.29) is 29.7 Å². The van der Waals surface area contributed by atoms with Crippen LogP contribution < -0.4 is 31.1 Å². The first-order valence-corrected chi connectivity index (χ1v) is 23.1. The lowest BCUT2D eigenvalue weighted by molar-refractivity contribution is 0.0958. The maximum absolute atomic E-state index is 16.0. The third kappa shape index (κ3) is 7.03. The smallest absolute Gasteiger partial charge is 0.254 e. The van der Waals surface area contributed by atoms with Gasteiger partial charge in [-0.15, -0.1) is 0 Å². The zero-order valence-corrected chi connectivity index (χ0v) is 37.6. The van der Waals surface area contributed by atoms with Crippen LogP contribution in [0.25, 0.3) is 39.2 Å². The van der Waals surface area contributed by atoms with Crippen molar-refractivity contribution in [2.45, 2.75) is 57.7 Å². The minimum atomic E-state index is -0.347. The maximum Gasteiger partial charge on any atom is 0.254 e. The number of anilines is 6. The number of amides is 2. The number of fused-ring (bicyclic) bond motifs is 4. The number of halogens is 1. The standard InChI is InChI=1S/C51H48FN13O3/c1-28-22-38(60-41-7-6-30(23-54-41)63-19-11-31(66)12-20-63)44-34(24-57-50(44)67)43(28)40-27-56-49-47(36(52)14-21-65(40)49)64-17-9-29(10-18-64)37-4-3-5-42(59-37)61-39-26-55-46(35-25-58-51(68)45(35)39)32-8-15-53-48-33(32)13-16-62(48)2/h3-8,13-16,21-23,26-27,29,31,66H,9-12,17-20,24-25H2,1-2H3,(H,54,60)(H,57,67)(H,58,68)(H,59,61). The van der Waals surface area contributed by atoms with Crippen molar-refractivity contribution in [2.24, 2.45) is 7.05 Å². The van der Waals surface area contributed by atoms with Gasteiger partial charge < -0.3 is 40.7 Å². The van der Waals surface area contributed by atoms with Crippen molar-refractivity contribution in [2.75, 3.05) is 46.6 Å². The van der Waals surface area contributed by atoms with Crippen LogP contribution in [0.15, 0.2) is 91.8 Å². The number of rotatable bonds is 9. The minimum Gasteiger partial charge on any atom is -0.393 e. The molecule has 8 aromatic rings. The number of nitrogens with one attached hydrogen (secondary N) is 4. The summed E-state index contributed by atoms with van der Waals surface area (Å²) in [6.45, 7) is 5.47. The predicted molar refractivity (Wildman–Crippen MR) is 258 cm³/mol. The molecule has 11 heterocycles. The molecular formula is C51H48FN13O3. The van der Waals surface area contributed by atoms with Crippen LogP contribution in [0.4, 0.5) is 38.8 Å². The molecule has 1 aromatic carbocycles. The number of hydrogen-bond donors (Lipinski definition) is 5. The van der Waals surface area contributed by atoms with Gasteiger partial charge in [-0.05, 0) is 92.3 Å². The number of aliphatic hydroxyl groups excluding tert-OH is 1. The van der Waals surface area contributed by atoms with E-state index in [2.05, 4.69) is 41.0 Å². The van der Waals surface area contributed by atoms with E-state index >= 15 is 4.39 Å². The molecule has 0 radical (unpaired) electrons. The van der Waals surface area contributed by atoms with Gasteiger partial charge in [0.1, 0.15) is 23.0 Å². The van der Waals surface area contributed by atoms with E-state index in [0.717, 1.165) is 100 Å². The molecule has 17 heteroatoms. The predicted octanol–water partition coefficient (Wildman–Crippen LogP) is 7.51. The lowest BCUT2D eigenvalue weighted by Gasteiger charge is -2.33. The van der Waals surface area contributed by atoms with Gasteiger partial charge in [0.25, 0.3) is 11.8 Å². The maximum atomic E-state index is 16.0. The lowest BCUT2D eigenvalue weighted by Crippen LogP contribution is -2.35. The van der Waals surface area contributed by atoms with Gasteiger partial charge >= 0.3 is 0 Å². The first-order chi connectivity index (χ1) is 33.2. The number of imidazole rings is 1. The molecule has 0 saturated carbocycles. The largest absolute Gasteiger partial charge is 0.393 e. The fourth-order valence-electron chi connectivity index (χ4n) is 10.7. The monoisotopic (exact) mass is 909 g/mol. The summed E-state index contributed by atoms with van der Waals surface area (Å²) in [5, 5.41) is 23.7. The van der Waals surface area contributed by atoms with Crippen molar-refractivity contribution in [3.05, 3.63) is 131 Å². The van der Waals surface area contributed by atoms with Gasteiger partial charge in [-0.1, -0.05) is 6.07 Å². The summed E-state index contributed by atoms with van der Waals surface area (Å²) >= 11 is 0. The molecule has 0 spiro atoms. The molecule has 0 unspecified atom stereocenters. The number of nitrogens with zero attached hydrogens (tertiary/aromatic N) is 9. The molecule has 4 aliphatic rings. The molecule has 7 aromatic heterocycles. The fourth-order valence-corrected chi connectivity index (χ4v) is 10.7. The first kappa shape index (κ1) is 41.5. The Hall–Kier alpha value is -7.92. The molecule has 4 aliphatic heterocycles. The van der Waals surface area contributed by atoms with Crippen LogP contribution in [-0.4, -0.2) is 83.1 Å². The third-order valence-electron chi connectivity index (χ3n) is 14.1. The molecule has 2 amide bonds. The molecule has 0 bridgehead atoms. The second kappa shape index (κ2) is 16.4. The fraction of sp³-hybridized carbons (Fsp3) is 0.275. The Morgan fingerprint density at radius 3 is 2.29 bits per heavy atom. The summed E-state index contributed by atoms with van der Waals surface area (Å²) in [6.07, 6.45) is 13.5. The SMILES string of the molecule is Cc1cc(Nc2ccc(N3CCC(O)CC3)cn2)c2c(c1-c1cnc3c(N4CCC(c5cccc(Nc6cnc(-c7ccnc8c7ccn8C)c7c6C(=O)NC7)n5)CC4)c(F)ccn13)CNC2=O. The summed E-state index contributed by atoms with van der Waals surface area (Å²) in [4.78, 5) is 54.9. The van der Waals surface area contributed by atoms with E-state index in [1.165, 1.54) is 6.07 Å². The van der Waals surface area contributed by atoms with E-state index < -0.39 is 0 Å². The molecule has 16 nitrogen and oxygen atoms in total. The summed E-state index contributed by atoms with van der Waals surface area (Å²) in [5.41, 5.74) is 12.0. The second-order valence-corrected chi connectivity index (χ2v) is 18.2. The number of carbonyl (C=O) groups excluding carboxylic acids is 2. The molecule has 5 N–H and O–H groups in total. The number of aryl methyl sites for hydroxylation is 2. The average Bonchev–Trinajstić information content (AvgIpc) is 4.16. The van der Waals surface area contributed by atoms with Gasteiger partial charge in [0.05, 0.1) is 64.3 Å². The van der Waals surface area contributed by atoms with Crippen LogP contribution in [0.2, 0.25) is 0 Å². The van der Waals surface area contributed by atoms with Gasteiger partial charge in [-0.2, -0.15) is 0 Å². The van der Waals surface area contributed by atoms with E-state index in [1.807, 2.05) is 83.9 Å². The molecule has 0 atom stereocenters. The first-order valence-electron chi connectivity index (χ1n) is 23.1. The Morgan fingerprint density at radius 2 is 1.50 bits per heavy atom. The molecule has 12 rings (SSSR count). The van der Waals surface area contributed by atoms with Crippen LogP contribution in [0.5, 0.6) is 0 Å². The average molecular weight is 910 g/mol. The summed E-state index contributed by atoms with van der Waals surface area (Å²) in [5.74, 6) is 0.668. The Labute approximate surface area is 390 Å². The topological polar surface area (TPSA) is 183 Å². The summed E-state index contributed by atoms with van der Waals surface area (Å²) in [7, 11) is 1.95. The van der Waals surface area contributed by atoms with Crippen LogP contribution in [0.3, 0.4) is 0 Å². The number of aliphatic hydroxyl groups is 1. The van der Waals surface area contributed by atoms with E-state index in [9.17, 15) is 14.7 Å². The Kier molecular flexibility index (Phi) is 10.0. The molecule has 0 aliphatic carbocycles. The number of piperidine rings is 2. The summed E-state index contributed by atoms with van der Waals surface area (Å²) in [6, 6.07) is 17.2. The molecule has 2 saturated heterocycles. The Bertz CT molecular complexity index is 3330. The van der Waals surface area contributed by atoms with Gasteiger partial charge in [-0.3, -0.25) is 19.0 Å². The highest BCUT2D eigenvalue weighted by Crippen LogP contribution is 2.41. The lowest BCUT2D eigenvalue weighted by atomic mass is 9.92. The second-order valence-electron chi connectivity index (χ2n) is 18.2. The van der Waals surface area contributed by atoms with Crippen molar-refractivity contribution in [1.82, 2.24) is 44.5 Å². The van der Waals surface area contributed by atoms with Crippen LogP contribution in [-0.2, 0) is 20.1 Å². The molecule has 2 fully saturated rings. The van der Waals surface area contributed by atoms with Gasteiger partial charge in [0.2, 0.25) is 0 Å². The number of carbonyl (C=O) groups is 2. The van der Waals surface area contributed by atoms with Crippen molar-refractivity contribution < 1.29 is 19.1 Å². The number of hydrogen-bond acceptors (Lipinski definition) is 12. The Morgan fingerprint density at radius 1 is 0.735 bits per heavy atom. The minimum absolute atomic E-state index is 0.126. The van der Waals surface area contributed by atoms with Crippen molar-refractivity contribution in [3.63, 3.8) is 0 Å². The molecule has 68 heavy (non-hydrogen) atoms. The highest BCUT2D eigenvalue weighted by molar-refractivity contribution is 6.07. The van der Waals surface area contributed by atoms with Gasteiger partial charge in [-0.25, -0.2) is 24.3 Å². The van der Waals surface area contributed by atoms with Crippen LogP contribution >= 0.6 is 0 Å². The van der Waals surface area contributed by atoms with Crippen LogP contribution in [0.1, 0.15) is 74.7 Å². The van der Waals surface area contributed by atoms with Gasteiger partial charge in [0.15, 0.2) is 11.5 Å². The third-order valence-corrected chi connectivity index (χ3v) is 14.1. The van der Waals surface area contributed by atoms with Crippen molar-refractivity contribution >= 4 is 62.9 Å². The quantitative estimate of drug-likeness (QED) is 0.0963. The number of aromatic nitrogens is 7.